The third-order valence-electron chi connectivity index (χ3n) is 5.09. The molecule has 5 nitrogen and oxygen atoms in total. The number of carbonyl (C=O) groups excluding carboxylic acids is 2. The van der Waals surface area contributed by atoms with Gasteiger partial charge in [0, 0.05) is 25.6 Å². The molecule has 0 radical (unpaired) electrons. The van der Waals surface area contributed by atoms with Crippen LogP contribution in [0.2, 0.25) is 0 Å². The molecule has 3 rings (SSSR count). The predicted molar refractivity (Wildman–Crippen MR) is 95.7 cm³/mol. The van der Waals surface area contributed by atoms with Crippen LogP contribution in [-0.4, -0.2) is 35.8 Å². The van der Waals surface area contributed by atoms with Gasteiger partial charge in [-0.15, -0.1) is 12.4 Å². The normalized spacial score (nSPS) is 27.1. The first-order valence-electron chi connectivity index (χ1n) is 8.52. The monoisotopic (exact) mass is 351 g/mol. The largest absolute Gasteiger partial charge is 0.354 e. The van der Waals surface area contributed by atoms with E-state index in [4.69, 9.17) is 5.73 Å². The van der Waals surface area contributed by atoms with Gasteiger partial charge in [-0.3, -0.25) is 9.59 Å². The Balaban J connectivity index is 0.00000208. The van der Waals surface area contributed by atoms with Gasteiger partial charge in [-0.2, -0.15) is 0 Å². The number of amides is 2. The second kappa shape index (κ2) is 8.49. The Morgan fingerprint density at radius 2 is 2.00 bits per heavy atom. The van der Waals surface area contributed by atoms with Crippen molar-refractivity contribution in [1.29, 1.82) is 0 Å². The number of nitrogens with two attached hydrogens (primary N) is 1. The van der Waals surface area contributed by atoms with Crippen molar-refractivity contribution in [2.24, 2.45) is 11.7 Å². The number of rotatable bonds is 3. The first-order chi connectivity index (χ1) is 11.1. The molecule has 1 aromatic rings. The highest BCUT2D eigenvalue weighted by Gasteiger charge is 2.33. The topological polar surface area (TPSA) is 75.4 Å². The first-order valence-corrected chi connectivity index (χ1v) is 8.52. The number of benzene rings is 1. The molecule has 3 N–H and O–H groups in total. The van der Waals surface area contributed by atoms with Crippen LogP contribution in [0.5, 0.6) is 0 Å². The molecule has 1 unspecified atom stereocenters. The van der Waals surface area contributed by atoms with Crippen molar-refractivity contribution in [2.45, 2.75) is 44.2 Å². The molecule has 6 heteroatoms. The summed E-state index contributed by atoms with van der Waals surface area (Å²) in [5.74, 6) is 0.412. The summed E-state index contributed by atoms with van der Waals surface area (Å²) in [6.45, 7) is 1.08. The molecule has 1 heterocycles. The lowest BCUT2D eigenvalue weighted by molar-refractivity contribution is -0.134. The third-order valence-corrected chi connectivity index (χ3v) is 5.09. The van der Waals surface area contributed by atoms with Crippen LogP contribution in [0.1, 0.15) is 43.7 Å². The number of hydrogen-bond acceptors (Lipinski definition) is 3. The summed E-state index contributed by atoms with van der Waals surface area (Å²) in [7, 11) is 0. The van der Waals surface area contributed by atoms with E-state index >= 15 is 0 Å². The lowest BCUT2D eigenvalue weighted by atomic mass is 9.97. The summed E-state index contributed by atoms with van der Waals surface area (Å²) in [6, 6.07) is 9.80. The Bertz CT molecular complexity index is 567. The second-order valence-electron chi connectivity index (χ2n) is 6.63. The minimum Gasteiger partial charge on any atom is -0.354 e. The molecule has 0 spiro atoms. The second-order valence-corrected chi connectivity index (χ2v) is 6.63. The van der Waals surface area contributed by atoms with Gasteiger partial charge >= 0.3 is 0 Å². The van der Waals surface area contributed by atoms with Gasteiger partial charge in [0.05, 0.1) is 12.5 Å². The molecule has 2 aliphatic rings. The van der Waals surface area contributed by atoms with Crippen LogP contribution in [0.3, 0.4) is 0 Å². The quantitative estimate of drug-likeness (QED) is 0.874. The average Bonchev–Trinajstić information content (AvgIpc) is 2.84. The van der Waals surface area contributed by atoms with E-state index in [-0.39, 0.29) is 42.2 Å². The fourth-order valence-electron chi connectivity index (χ4n) is 3.76. The number of carbonyl (C=O) groups is 2. The van der Waals surface area contributed by atoms with Gasteiger partial charge in [0.1, 0.15) is 0 Å². The van der Waals surface area contributed by atoms with E-state index in [1.54, 1.807) is 0 Å². The summed E-state index contributed by atoms with van der Waals surface area (Å²) in [5, 5.41) is 2.87. The minimum atomic E-state index is -0.177. The fraction of sp³-hybridized carbons (Fsp3) is 0.556. The first kappa shape index (κ1) is 18.7. The molecule has 1 saturated carbocycles. The lowest BCUT2D eigenvalue weighted by Gasteiger charge is -2.31. The molecule has 1 aliphatic heterocycles. The van der Waals surface area contributed by atoms with E-state index in [1.165, 1.54) is 0 Å². The van der Waals surface area contributed by atoms with Crippen molar-refractivity contribution in [3.05, 3.63) is 35.9 Å². The molecule has 2 amide bonds. The summed E-state index contributed by atoms with van der Waals surface area (Å²) in [4.78, 5) is 26.7. The van der Waals surface area contributed by atoms with Crippen molar-refractivity contribution in [3.63, 3.8) is 0 Å². The zero-order chi connectivity index (χ0) is 16.2. The van der Waals surface area contributed by atoms with Gasteiger partial charge in [-0.05, 0) is 24.3 Å². The summed E-state index contributed by atoms with van der Waals surface area (Å²) < 4.78 is 0. The van der Waals surface area contributed by atoms with E-state index in [0.29, 0.717) is 25.9 Å². The number of nitrogens with zero attached hydrogens (tertiary/aromatic N) is 1. The maximum absolute atomic E-state index is 12.9. The van der Waals surface area contributed by atoms with Crippen molar-refractivity contribution in [1.82, 2.24) is 10.2 Å². The van der Waals surface area contributed by atoms with E-state index in [2.05, 4.69) is 5.32 Å². The van der Waals surface area contributed by atoms with Crippen LogP contribution in [0.25, 0.3) is 0 Å². The van der Waals surface area contributed by atoms with Crippen LogP contribution in [0.4, 0.5) is 0 Å². The Hall–Kier alpha value is -1.59. The molecule has 2 fully saturated rings. The van der Waals surface area contributed by atoms with Crippen molar-refractivity contribution in [2.75, 3.05) is 13.1 Å². The SMILES string of the molecule is Cl.N[C@@H]1CCC[C@H]1CC(=O)N1CCNC(=O)CC1c1ccccc1. The van der Waals surface area contributed by atoms with Crippen LogP contribution in [0.15, 0.2) is 30.3 Å². The van der Waals surface area contributed by atoms with E-state index in [9.17, 15) is 9.59 Å². The van der Waals surface area contributed by atoms with Crippen LogP contribution >= 0.6 is 12.4 Å². The van der Waals surface area contributed by atoms with Gasteiger partial charge in [0.15, 0.2) is 0 Å². The molecule has 3 atom stereocenters. The molecular weight excluding hydrogens is 326 g/mol. The summed E-state index contributed by atoms with van der Waals surface area (Å²) >= 11 is 0. The number of nitrogens with one attached hydrogen (secondary N) is 1. The van der Waals surface area contributed by atoms with Crippen molar-refractivity contribution in [3.8, 4) is 0 Å². The Labute approximate surface area is 149 Å². The van der Waals surface area contributed by atoms with E-state index < -0.39 is 0 Å². The highest BCUT2D eigenvalue weighted by molar-refractivity contribution is 5.85. The summed E-state index contributed by atoms with van der Waals surface area (Å²) in [5.41, 5.74) is 7.14. The molecular formula is C18H26ClN3O2. The maximum Gasteiger partial charge on any atom is 0.223 e. The smallest absolute Gasteiger partial charge is 0.223 e. The average molecular weight is 352 g/mol. The van der Waals surface area contributed by atoms with Crippen LogP contribution in [0, 0.1) is 5.92 Å². The number of halogens is 1. The highest BCUT2D eigenvalue weighted by atomic mass is 35.5. The molecule has 1 saturated heterocycles. The molecule has 24 heavy (non-hydrogen) atoms. The zero-order valence-electron chi connectivity index (χ0n) is 13.8. The standard InChI is InChI=1S/C18H25N3O2.ClH/c19-15-8-4-7-14(15)11-18(23)21-10-9-20-17(22)12-16(21)13-5-2-1-3-6-13;/h1-3,5-6,14-16H,4,7-12,19H2,(H,20,22);1H/t14-,15+,16?;/m0./s1. The number of hydrogen-bond donors (Lipinski definition) is 2. The summed E-state index contributed by atoms with van der Waals surface area (Å²) in [6.07, 6.45) is 3.99. The Morgan fingerprint density at radius 1 is 1.25 bits per heavy atom. The van der Waals surface area contributed by atoms with Crippen LogP contribution < -0.4 is 11.1 Å². The van der Waals surface area contributed by atoms with Gasteiger partial charge in [-0.25, -0.2) is 0 Å². The van der Waals surface area contributed by atoms with Crippen LogP contribution in [-0.2, 0) is 9.59 Å². The lowest BCUT2D eigenvalue weighted by Crippen LogP contribution is -2.39. The molecule has 1 aromatic carbocycles. The van der Waals surface area contributed by atoms with Gasteiger partial charge in [0.2, 0.25) is 11.8 Å². The zero-order valence-corrected chi connectivity index (χ0v) is 14.6. The van der Waals surface area contributed by atoms with Crippen molar-refractivity contribution >= 4 is 24.2 Å². The molecule has 0 bridgehead atoms. The Morgan fingerprint density at radius 3 is 2.67 bits per heavy atom. The molecule has 132 valence electrons. The van der Waals surface area contributed by atoms with E-state index in [0.717, 1.165) is 24.8 Å². The van der Waals surface area contributed by atoms with Crippen molar-refractivity contribution < 1.29 is 9.59 Å². The van der Waals surface area contributed by atoms with Gasteiger partial charge in [-0.1, -0.05) is 36.8 Å². The van der Waals surface area contributed by atoms with E-state index in [1.807, 2.05) is 35.2 Å². The molecule has 1 aliphatic carbocycles. The molecule has 0 aromatic heterocycles. The maximum atomic E-state index is 12.9. The van der Waals surface area contributed by atoms with Gasteiger partial charge in [0.25, 0.3) is 0 Å². The third kappa shape index (κ3) is 4.28. The highest BCUT2D eigenvalue weighted by Crippen LogP contribution is 2.31. The predicted octanol–water partition coefficient (Wildman–Crippen LogP) is 2.02. The fourth-order valence-corrected chi connectivity index (χ4v) is 3.76. The van der Waals surface area contributed by atoms with Gasteiger partial charge < -0.3 is 16.0 Å². The minimum absolute atomic E-state index is 0. The Kier molecular flexibility index (Phi) is 6.63.